The van der Waals surface area contributed by atoms with E-state index in [0.29, 0.717) is 25.1 Å². The smallest absolute Gasteiger partial charge is 0.255 e. The number of pyridine rings is 1. The molecule has 122 valence electrons. The highest BCUT2D eigenvalue weighted by Crippen LogP contribution is 2.21. The molecule has 0 saturated carbocycles. The van der Waals surface area contributed by atoms with Crippen LogP contribution in [0.4, 0.5) is 5.82 Å². The quantitative estimate of drug-likeness (QED) is 0.706. The molecule has 1 aromatic rings. The number of nitrogens with one attached hydrogen (secondary N) is 2. The summed E-state index contributed by atoms with van der Waals surface area (Å²) in [4.78, 5) is 18.7. The summed E-state index contributed by atoms with van der Waals surface area (Å²) in [5.74, 6) is 0.557. The molecule has 1 saturated heterocycles. The molecule has 1 aliphatic rings. The monoisotopic (exact) mass is 326 g/mol. The van der Waals surface area contributed by atoms with Gasteiger partial charge in [-0.1, -0.05) is 0 Å². The Bertz CT molecular complexity index is 612. The molecule has 0 aliphatic carbocycles. The Hall–Kier alpha value is -1.67. The predicted octanol–water partition coefficient (Wildman–Crippen LogP) is 0.351. The fourth-order valence-corrected chi connectivity index (χ4v) is 2.91. The van der Waals surface area contributed by atoms with Gasteiger partial charge in [0, 0.05) is 32.4 Å². The summed E-state index contributed by atoms with van der Waals surface area (Å²) >= 11 is 0. The first kappa shape index (κ1) is 16.7. The maximum Gasteiger partial charge on any atom is 0.255 e. The van der Waals surface area contributed by atoms with Gasteiger partial charge in [-0.25, -0.2) is 18.1 Å². The molecule has 0 bridgehead atoms. The lowest BCUT2D eigenvalue weighted by Gasteiger charge is -2.19. The van der Waals surface area contributed by atoms with Crippen molar-refractivity contribution in [3.63, 3.8) is 0 Å². The van der Waals surface area contributed by atoms with E-state index in [2.05, 4.69) is 19.9 Å². The number of nitrogens with zero attached hydrogens (tertiary/aromatic N) is 2. The summed E-state index contributed by atoms with van der Waals surface area (Å²) in [6.07, 6.45) is 5.59. The van der Waals surface area contributed by atoms with Crippen LogP contribution in [0.2, 0.25) is 0 Å². The molecule has 2 N–H and O–H groups in total. The average Bonchev–Trinajstić information content (AvgIpc) is 2.99. The van der Waals surface area contributed by atoms with Gasteiger partial charge in [-0.05, 0) is 31.4 Å². The Kier molecular flexibility index (Phi) is 5.73. The number of hydrogen-bond acceptors (Lipinski definition) is 5. The minimum absolute atomic E-state index is 0.172. The zero-order chi connectivity index (χ0) is 16.0. The maximum atomic E-state index is 12.3. The van der Waals surface area contributed by atoms with Crippen LogP contribution in [-0.2, 0) is 10.0 Å². The Morgan fingerprint density at radius 2 is 2.05 bits per heavy atom. The van der Waals surface area contributed by atoms with Crippen LogP contribution < -0.4 is 14.9 Å². The second kappa shape index (κ2) is 7.55. The van der Waals surface area contributed by atoms with E-state index in [9.17, 15) is 13.2 Å². The van der Waals surface area contributed by atoms with E-state index >= 15 is 0 Å². The second-order valence-corrected chi connectivity index (χ2v) is 7.18. The zero-order valence-electron chi connectivity index (χ0n) is 12.7. The lowest BCUT2D eigenvalue weighted by molar-refractivity contribution is 0.0953. The molecule has 1 fully saturated rings. The van der Waals surface area contributed by atoms with E-state index in [0.717, 1.165) is 38.0 Å². The van der Waals surface area contributed by atoms with Gasteiger partial charge in [0.05, 0.1) is 11.8 Å². The first-order valence-electron chi connectivity index (χ1n) is 7.40. The summed E-state index contributed by atoms with van der Waals surface area (Å²) < 4.78 is 24.3. The standard InChI is InChI=1S/C14H22N4O3S/c1-22(20,21)17-9-5-8-16-14(19)12-6-4-7-15-13(12)18-10-2-3-11-18/h4,6-7,17H,2-3,5,8-11H2,1H3,(H,16,19). The van der Waals surface area contributed by atoms with E-state index in [1.54, 1.807) is 18.3 Å². The van der Waals surface area contributed by atoms with Crippen molar-refractivity contribution < 1.29 is 13.2 Å². The van der Waals surface area contributed by atoms with E-state index in [1.807, 2.05) is 0 Å². The highest BCUT2D eigenvalue weighted by atomic mass is 32.2. The zero-order valence-corrected chi connectivity index (χ0v) is 13.5. The van der Waals surface area contributed by atoms with Crippen LogP contribution in [0.15, 0.2) is 18.3 Å². The first-order chi connectivity index (χ1) is 10.5. The minimum atomic E-state index is -3.17. The Labute approximate surface area is 131 Å². The molecule has 0 atom stereocenters. The lowest BCUT2D eigenvalue weighted by atomic mass is 10.2. The SMILES string of the molecule is CS(=O)(=O)NCCCNC(=O)c1cccnc1N1CCCC1. The molecule has 7 nitrogen and oxygen atoms in total. The third-order valence-corrected chi connectivity index (χ3v) is 4.17. The summed E-state index contributed by atoms with van der Waals surface area (Å²) in [7, 11) is -3.17. The van der Waals surface area contributed by atoms with Gasteiger partial charge in [-0.15, -0.1) is 0 Å². The van der Waals surface area contributed by atoms with Crippen LogP contribution in [0.3, 0.4) is 0 Å². The minimum Gasteiger partial charge on any atom is -0.356 e. The van der Waals surface area contributed by atoms with E-state index in [-0.39, 0.29) is 5.91 Å². The molecular formula is C14H22N4O3S. The summed E-state index contributed by atoms with van der Waals surface area (Å²) in [5, 5.41) is 2.81. The van der Waals surface area contributed by atoms with Crippen LogP contribution in [0.1, 0.15) is 29.6 Å². The van der Waals surface area contributed by atoms with Crippen molar-refractivity contribution in [3.8, 4) is 0 Å². The molecule has 8 heteroatoms. The van der Waals surface area contributed by atoms with Gasteiger partial charge < -0.3 is 10.2 Å². The topological polar surface area (TPSA) is 91.4 Å². The van der Waals surface area contributed by atoms with Crippen molar-refractivity contribution in [1.82, 2.24) is 15.0 Å². The molecule has 0 radical (unpaired) electrons. The highest BCUT2D eigenvalue weighted by Gasteiger charge is 2.20. The Morgan fingerprint density at radius 1 is 1.32 bits per heavy atom. The molecule has 22 heavy (non-hydrogen) atoms. The first-order valence-corrected chi connectivity index (χ1v) is 9.29. The second-order valence-electron chi connectivity index (χ2n) is 5.34. The van der Waals surface area contributed by atoms with Crippen molar-refractivity contribution >= 4 is 21.7 Å². The van der Waals surface area contributed by atoms with Crippen molar-refractivity contribution in [3.05, 3.63) is 23.9 Å². The van der Waals surface area contributed by atoms with Crippen LogP contribution in [0.5, 0.6) is 0 Å². The number of amides is 1. The van der Waals surface area contributed by atoms with Crippen LogP contribution in [0.25, 0.3) is 0 Å². The fourth-order valence-electron chi connectivity index (χ4n) is 2.40. The third kappa shape index (κ3) is 4.96. The molecule has 1 amide bonds. The maximum absolute atomic E-state index is 12.3. The van der Waals surface area contributed by atoms with Crippen LogP contribution in [0, 0.1) is 0 Å². The van der Waals surface area contributed by atoms with E-state index in [4.69, 9.17) is 0 Å². The largest absolute Gasteiger partial charge is 0.356 e. The molecule has 0 unspecified atom stereocenters. The van der Waals surface area contributed by atoms with Gasteiger partial charge >= 0.3 is 0 Å². The average molecular weight is 326 g/mol. The fraction of sp³-hybridized carbons (Fsp3) is 0.571. The lowest BCUT2D eigenvalue weighted by Crippen LogP contribution is -2.31. The molecule has 0 spiro atoms. The van der Waals surface area contributed by atoms with Gasteiger partial charge in [0.25, 0.3) is 5.91 Å². The molecule has 1 aromatic heterocycles. The Morgan fingerprint density at radius 3 is 2.73 bits per heavy atom. The number of hydrogen-bond donors (Lipinski definition) is 2. The van der Waals surface area contributed by atoms with Crippen molar-refractivity contribution in [2.24, 2.45) is 0 Å². The van der Waals surface area contributed by atoms with Crippen LogP contribution >= 0.6 is 0 Å². The molecule has 2 heterocycles. The van der Waals surface area contributed by atoms with Gasteiger partial charge in [0.15, 0.2) is 0 Å². The molecule has 0 aromatic carbocycles. The van der Waals surface area contributed by atoms with E-state index in [1.165, 1.54) is 0 Å². The highest BCUT2D eigenvalue weighted by molar-refractivity contribution is 7.88. The summed E-state index contributed by atoms with van der Waals surface area (Å²) in [5.41, 5.74) is 0.570. The number of aromatic nitrogens is 1. The number of rotatable bonds is 7. The van der Waals surface area contributed by atoms with Crippen molar-refractivity contribution in [2.75, 3.05) is 37.3 Å². The summed E-state index contributed by atoms with van der Waals surface area (Å²) in [6, 6.07) is 3.52. The van der Waals surface area contributed by atoms with Crippen molar-refractivity contribution in [2.45, 2.75) is 19.3 Å². The van der Waals surface area contributed by atoms with E-state index < -0.39 is 10.0 Å². The summed E-state index contributed by atoms with van der Waals surface area (Å²) in [6.45, 7) is 2.58. The molecule has 1 aliphatic heterocycles. The van der Waals surface area contributed by atoms with Crippen molar-refractivity contribution in [1.29, 1.82) is 0 Å². The van der Waals surface area contributed by atoms with Gasteiger partial charge in [-0.2, -0.15) is 0 Å². The number of carbonyl (C=O) groups excluding carboxylic acids is 1. The van der Waals surface area contributed by atoms with Gasteiger partial charge in [0.1, 0.15) is 5.82 Å². The van der Waals surface area contributed by atoms with Gasteiger partial charge in [0.2, 0.25) is 10.0 Å². The normalized spacial score (nSPS) is 15.0. The number of sulfonamides is 1. The third-order valence-electron chi connectivity index (χ3n) is 3.44. The molecule has 2 rings (SSSR count). The molecular weight excluding hydrogens is 304 g/mol. The van der Waals surface area contributed by atoms with Gasteiger partial charge in [-0.3, -0.25) is 4.79 Å². The number of carbonyl (C=O) groups is 1. The van der Waals surface area contributed by atoms with Crippen LogP contribution in [-0.4, -0.2) is 51.7 Å². The number of anilines is 1. The predicted molar refractivity (Wildman–Crippen MR) is 85.5 cm³/mol. The Balaban J connectivity index is 1.87.